The fraction of sp³-hybridized carbons (Fsp3) is 0.250. The molecule has 0 aromatic rings. The highest BCUT2D eigenvalue weighted by Gasteiger charge is 2.44. The van der Waals surface area contributed by atoms with E-state index < -0.39 is 47.5 Å². The molecule has 2 aliphatic carbocycles. The Morgan fingerprint density at radius 1 is 0.652 bits per heavy atom. The molecule has 4 atom stereocenters. The van der Waals surface area contributed by atoms with Crippen molar-refractivity contribution in [1.82, 2.24) is 0 Å². The van der Waals surface area contributed by atoms with Crippen molar-refractivity contribution in [3.05, 3.63) is 46.3 Å². The van der Waals surface area contributed by atoms with Crippen molar-refractivity contribution in [3.8, 4) is 0 Å². The molecule has 7 heteroatoms. The molecule has 0 aromatic heterocycles. The summed E-state index contributed by atoms with van der Waals surface area (Å²) in [4.78, 5) is 47.8. The molecular formula is C16H10O6S. The summed E-state index contributed by atoms with van der Waals surface area (Å²) in [7, 11) is 0. The third kappa shape index (κ3) is 2.28. The van der Waals surface area contributed by atoms with Crippen molar-refractivity contribution in [1.29, 1.82) is 0 Å². The predicted octanol–water partition coefficient (Wildman–Crippen LogP) is 1.26. The van der Waals surface area contributed by atoms with Gasteiger partial charge in [0, 0.05) is 9.81 Å². The van der Waals surface area contributed by atoms with E-state index in [0.717, 1.165) is 9.81 Å². The molecule has 23 heavy (non-hydrogen) atoms. The van der Waals surface area contributed by atoms with Crippen LogP contribution in [0.3, 0.4) is 0 Å². The molecule has 4 rings (SSSR count). The van der Waals surface area contributed by atoms with Crippen LogP contribution in [0.2, 0.25) is 0 Å². The first-order chi connectivity index (χ1) is 11.0. The topological polar surface area (TPSA) is 86.7 Å². The molecule has 2 heterocycles. The Labute approximate surface area is 134 Å². The summed E-state index contributed by atoms with van der Waals surface area (Å²) < 4.78 is 9.24. The van der Waals surface area contributed by atoms with Crippen molar-refractivity contribution < 1.29 is 28.7 Å². The van der Waals surface area contributed by atoms with Gasteiger partial charge in [-0.05, 0) is 0 Å². The maximum Gasteiger partial charge on any atom is 0.321 e. The smallest absolute Gasteiger partial charge is 0.321 e. The Kier molecular flexibility index (Phi) is 3.12. The van der Waals surface area contributed by atoms with Gasteiger partial charge < -0.3 is 9.47 Å². The van der Waals surface area contributed by atoms with E-state index in [2.05, 4.69) is 9.47 Å². The highest BCUT2D eigenvalue weighted by Crippen LogP contribution is 2.40. The zero-order valence-electron chi connectivity index (χ0n) is 11.6. The number of thioether (sulfide) groups is 1. The van der Waals surface area contributed by atoms with Gasteiger partial charge in [0.15, 0.2) is 0 Å². The van der Waals surface area contributed by atoms with Crippen LogP contribution in [0.15, 0.2) is 46.3 Å². The number of hydrogen-bond donors (Lipinski definition) is 0. The number of carbonyl (C=O) groups excluding carboxylic acids is 4. The third-order valence-corrected chi connectivity index (χ3v) is 5.14. The fourth-order valence-corrected chi connectivity index (χ4v) is 3.93. The molecule has 116 valence electrons. The Bertz CT molecular complexity index is 707. The van der Waals surface area contributed by atoms with Gasteiger partial charge in [-0.25, -0.2) is 0 Å². The molecule has 2 fully saturated rings. The van der Waals surface area contributed by atoms with Crippen molar-refractivity contribution >= 4 is 35.6 Å². The first-order valence-corrected chi connectivity index (χ1v) is 7.83. The average molecular weight is 330 g/mol. The normalized spacial score (nSPS) is 34.6. The minimum atomic E-state index is -0.589. The van der Waals surface area contributed by atoms with E-state index in [0.29, 0.717) is 0 Å². The van der Waals surface area contributed by atoms with Gasteiger partial charge in [-0.2, -0.15) is 0 Å². The highest BCUT2D eigenvalue weighted by atomic mass is 32.2. The summed E-state index contributed by atoms with van der Waals surface area (Å²) in [5.41, 5.74) is 0. The average Bonchev–Trinajstić information content (AvgIpc) is 2.96. The van der Waals surface area contributed by atoms with Crippen LogP contribution in [0.4, 0.5) is 0 Å². The number of fused-ring (bicyclic) bond motifs is 2. The lowest BCUT2D eigenvalue weighted by Crippen LogP contribution is -2.17. The summed E-state index contributed by atoms with van der Waals surface area (Å²) in [5.74, 6) is -4.40. The van der Waals surface area contributed by atoms with Crippen LogP contribution >= 0.6 is 11.8 Å². The van der Waals surface area contributed by atoms with Gasteiger partial charge in [0.05, 0.1) is 23.7 Å². The van der Waals surface area contributed by atoms with Gasteiger partial charge in [0.2, 0.25) is 0 Å². The number of esters is 4. The quantitative estimate of drug-likeness (QED) is 0.556. The minimum Gasteiger partial charge on any atom is -0.392 e. The lowest BCUT2D eigenvalue weighted by Gasteiger charge is -2.16. The van der Waals surface area contributed by atoms with Gasteiger partial charge in [-0.15, -0.1) is 0 Å². The molecule has 2 saturated heterocycles. The van der Waals surface area contributed by atoms with E-state index >= 15 is 0 Å². The molecule has 6 nitrogen and oxygen atoms in total. The molecule has 0 amide bonds. The molecule has 0 saturated carbocycles. The Morgan fingerprint density at radius 2 is 1.04 bits per heavy atom. The third-order valence-electron chi connectivity index (χ3n) is 4.12. The first-order valence-electron chi connectivity index (χ1n) is 7.02. The van der Waals surface area contributed by atoms with Gasteiger partial charge in [-0.1, -0.05) is 48.2 Å². The van der Waals surface area contributed by atoms with Crippen LogP contribution in [0.5, 0.6) is 0 Å². The van der Waals surface area contributed by atoms with Crippen molar-refractivity contribution in [3.63, 3.8) is 0 Å². The zero-order chi connectivity index (χ0) is 16.1. The van der Waals surface area contributed by atoms with Crippen molar-refractivity contribution in [2.24, 2.45) is 23.7 Å². The van der Waals surface area contributed by atoms with E-state index in [1.165, 1.54) is 11.8 Å². The number of ether oxygens (including phenoxy) is 2. The van der Waals surface area contributed by atoms with E-state index in [1.54, 1.807) is 36.5 Å². The molecule has 0 bridgehead atoms. The molecule has 2 aliphatic heterocycles. The Hall–Kier alpha value is -2.41. The van der Waals surface area contributed by atoms with Crippen LogP contribution in [0, 0.1) is 23.7 Å². The zero-order valence-corrected chi connectivity index (χ0v) is 12.4. The number of cyclic esters (lactones) is 4. The Balaban J connectivity index is 1.54. The molecule has 0 radical (unpaired) electrons. The van der Waals surface area contributed by atoms with Gasteiger partial charge >= 0.3 is 23.9 Å². The maximum atomic E-state index is 11.6. The number of hydrogen-bond acceptors (Lipinski definition) is 7. The molecule has 4 unspecified atom stereocenters. The van der Waals surface area contributed by atoms with Gasteiger partial charge in [0.25, 0.3) is 0 Å². The second-order valence-electron chi connectivity index (χ2n) is 5.54. The highest BCUT2D eigenvalue weighted by molar-refractivity contribution is 8.07. The summed E-state index contributed by atoms with van der Waals surface area (Å²) >= 11 is 1.36. The minimum absolute atomic E-state index is 0.525. The monoisotopic (exact) mass is 330 g/mol. The lowest BCUT2D eigenvalue weighted by atomic mass is 9.91. The van der Waals surface area contributed by atoms with Gasteiger partial charge in [-0.3, -0.25) is 19.2 Å². The summed E-state index contributed by atoms with van der Waals surface area (Å²) in [6.45, 7) is 0. The first kappa shape index (κ1) is 14.2. The summed E-state index contributed by atoms with van der Waals surface area (Å²) in [5, 5.41) is 0. The van der Waals surface area contributed by atoms with E-state index in [1.807, 2.05) is 0 Å². The second-order valence-corrected chi connectivity index (χ2v) is 6.69. The molecule has 0 aromatic carbocycles. The molecule has 4 aliphatic rings. The fourth-order valence-electron chi connectivity index (χ4n) is 2.93. The maximum absolute atomic E-state index is 11.6. The molecular weight excluding hydrogens is 320 g/mol. The predicted molar refractivity (Wildman–Crippen MR) is 78.2 cm³/mol. The number of rotatable bonds is 2. The van der Waals surface area contributed by atoms with E-state index in [9.17, 15) is 19.2 Å². The van der Waals surface area contributed by atoms with Crippen LogP contribution in [0.1, 0.15) is 0 Å². The standard InChI is InChI=1S/C16H10O6S/c17-13-9-3-1-7(5-11(9)15(19)21-13)23-8-2-4-10-12(6-8)16(20)22-14(10)18/h1-6,9-12H. The van der Waals surface area contributed by atoms with E-state index in [-0.39, 0.29) is 0 Å². The van der Waals surface area contributed by atoms with Crippen LogP contribution < -0.4 is 0 Å². The van der Waals surface area contributed by atoms with Gasteiger partial charge in [0.1, 0.15) is 0 Å². The van der Waals surface area contributed by atoms with Crippen LogP contribution in [-0.4, -0.2) is 23.9 Å². The lowest BCUT2D eigenvalue weighted by molar-refractivity contribution is -0.155. The largest absolute Gasteiger partial charge is 0.392 e. The van der Waals surface area contributed by atoms with Crippen LogP contribution in [-0.2, 0) is 28.7 Å². The molecule has 0 N–H and O–H groups in total. The molecule has 0 spiro atoms. The SMILES string of the molecule is O=C1OC(=O)C2C=C(SC3=CC4C(=O)OC(=O)C4C=C3)C=CC12. The Morgan fingerprint density at radius 3 is 1.48 bits per heavy atom. The van der Waals surface area contributed by atoms with Crippen molar-refractivity contribution in [2.75, 3.05) is 0 Å². The second kappa shape index (κ2) is 5.06. The summed E-state index contributed by atoms with van der Waals surface area (Å²) in [6, 6.07) is 0. The number of carbonyl (C=O) groups is 4. The van der Waals surface area contributed by atoms with Crippen LogP contribution in [0.25, 0.3) is 0 Å². The number of allylic oxidation sites excluding steroid dienone is 2. The van der Waals surface area contributed by atoms with Crippen molar-refractivity contribution in [2.45, 2.75) is 0 Å². The summed E-state index contributed by atoms with van der Waals surface area (Å²) in [6.07, 6.45) is 10.2. The van der Waals surface area contributed by atoms with E-state index in [4.69, 9.17) is 0 Å².